The lowest BCUT2D eigenvalue weighted by molar-refractivity contribution is 0.0600. The number of hydrogen-bond donors (Lipinski definition) is 1. The minimum absolute atomic E-state index is 0.401. The van der Waals surface area contributed by atoms with Gasteiger partial charge in [-0.2, -0.15) is 0 Å². The summed E-state index contributed by atoms with van der Waals surface area (Å²) >= 11 is 0. The van der Waals surface area contributed by atoms with Crippen LogP contribution in [0.1, 0.15) is 15.9 Å². The fraction of sp³-hybridized carbons (Fsp3) is 0.111. The first-order chi connectivity index (χ1) is 12.2. The smallest absolute Gasteiger partial charge is 0.339 e. The number of nitrogens with zero attached hydrogens (tertiary/aromatic N) is 3. The molecule has 0 saturated carbocycles. The normalized spacial score (nSPS) is 11.4. The summed E-state index contributed by atoms with van der Waals surface area (Å²) in [5, 5.41) is 7.60. The van der Waals surface area contributed by atoms with E-state index < -0.39 is 5.97 Å². The van der Waals surface area contributed by atoms with Crippen molar-refractivity contribution in [3.63, 3.8) is 0 Å². The molecule has 0 aliphatic rings. The second-order valence-corrected chi connectivity index (χ2v) is 5.43. The monoisotopic (exact) mass is 332 g/mol. The molecule has 3 aromatic rings. The highest BCUT2D eigenvalue weighted by Gasteiger charge is 2.11. The van der Waals surface area contributed by atoms with Crippen molar-refractivity contribution >= 4 is 30.7 Å². The highest BCUT2D eigenvalue weighted by molar-refractivity contribution is 6.44. The van der Waals surface area contributed by atoms with Crippen molar-refractivity contribution in [2.75, 3.05) is 7.11 Å². The summed E-state index contributed by atoms with van der Waals surface area (Å²) in [5.41, 5.74) is 4.51. The molecular formula is C18H17BN4O2. The van der Waals surface area contributed by atoms with Gasteiger partial charge in [0.05, 0.1) is 30.3 Å². The summed E-state index contributed by atoms with van der Waals surface area (Å²) in [6.45, 7) is 2.04. The van der Waals surface area contributed by atoms with Crippen LogP contribution in [0.25, 0.3) is 22.6 Å². The van der Waals surface area contributed by atoms with E-state index in [1.54, 1.807) is 18.3 Å². The first kappa shape index (κ1) is 16.6. The third-order valence-electron chi connectivity index (χ3n) is 3.87. The van der Waals surface area contributed by atoms with Crippen LogP contribution in [-0.2, 0) is 4.74 Å². The Bertz CT molecular complexity index is 961. The molecule has 0 bridgehead atoms. The van der Waals surface area contributed by atoms with E-state index in [0.29, 0.717) is 11.3 Å². The molecule has 124 valence electrons. The molecule has 0 aromatic carbocycles. The van der Waals surface area contributed by atoms with Crippen LogP contribution < -0.4 is 0 Å². The number of allylic oxidation sites excluding steroid dienone is 1. The molecule has 7 heteroatoms. The van der Waals surface area contributed by atoms with E-state index >= 15 is 0 Å². The molecule has 3 heterocycles. The second kappa shape index (κ2) is 7.13. The van der Waals surface area contributed by atoms with E-state index in [2.05, 4.69) is 9.97 Å². The van der Waals surface area contributed by atoms with E-state index in [1.165, 1.54) is 19.5 Å². The molecular weight excluding hydrogens is 315 g/mol. The summed E-state index contributed by atoms with van der Waals surface area (Å²) in [4.78, 5) is 20.3. The summed E-state index contributed by atoms with van der Waals surface area (Å²) in [6, 6.07) is 7.31. The van der Waals surface area contributed by atoms with Crippen LogP contribution in [0, 0.1) is 5.41 Å². The Morgan fingerprint density at radius 3 is 2.64 bits per heavy atom. The van der Waals surface area contributed by atoms with Gasteiger partial charge in [0, 0.05) is 18.6 Å². The Morgan fingerprint density at radius 2 is 2.00 bits per heavy atom. The molecule has 1 N–H and O–H groups in total. The Morgan fingerprint density at radius 1 is 1.20 bits per heavy atom. The zero-order valence-electron chi connectivity index (χ0n) is 14.1. The molecule has 6 nitrogen and oxygen atoms in total. The average molecular weight is 332 g/mol. The lowest BCUT2D eigenvalue weighted by atomic mass is 9.79. The van der Waals surface area contributed by atoms with Gasteiger partial charge in [0.1, 0.15) is 12.9 Å². The van der Waals surface area contributed by atoms with Gasteiger partial charge in [0.15, 0.2) is 0 Å². The number of nitrogens with one attached hydrogen (secondary N) is 1. The number of fused-ring (bicyclic) bond motifs is 1. The summed E-state index contributed by atoms with van der Waals surface area (Å²) in [6.07, 6.45) is 6.53. The Hall–Kier alpha value is -3.22. The van der Waals surface area contributed by atoms with Crippen molar-refractivity contribution < 1.29 is 9.53 Å². The number of rotatable bonds is 5. The summed E-state index contributed by atoms with van der Waals surface area (Å²) in [5.74, 6) is 1.59. The number of pyridine rings is 2. The molecule has 0 spiro atoms. The third-order valence-corrected chi connectivity index (χ3v) is 3.87. The SMILES string of the molecule is CB/C=C(\C=N)c1ccc2ncc(-c3ccc(C(=O)OC)cn3)n2c1. The first-order valence-electron chi connectivity index (χ1n) is 7.90. The van der Waals surface area contributed by atoms with E-state index in [1.807, 2.05) is 35.5 Å². The van der Waals surface area contributed by atoms with E-state index in [-0.39, 0.29) is 0 Å². The number of aromatic nitrogens is 3. The van der Waals surface area contributed by atoms with Crippen molar-refractivity contribution in [1.29, 1.82) is 5.41 Å². The molecule has 0 atom stereocenters. The van der Waals surface area contributed by atoms with Crippen molar-refractivity contribution in [2.45, 2.75) is 6.82 Å². The van der Waals surface area contributed by atoms with Crippen molar-refractivity contribution in [3.05, 3.63) is 60.0 Å². The van der Waals surface area contributed by atoms with Crippen LogP contribution in [0.15, 0.2) is 48.8 Å². The van der Waals surface area contributed by atoms with Crippen LogP contribution in [0.3, 0.4) is 0 Å². The predicted octanol–water partition coefficient (Wildman–Crippen LogP) is 2.66. The topological polar surface area (TPSA) is 80.3 Å². The molecule has 0 saturated heterocycles. The van der Waals surface area contributed by atoms with Crippen molar-refractivity contribution in [2.24, 2.45) is 0 Å². The van der Waals surface area contributed by atoms with Gasteiger partial charge in [0.25, 0.3) is 0 Å². The minimum atomic E-state index is -0.417. The zero-order valence-corrected chi connectivity index (χ0v) is 14.1. The predicted molar refractivity (Wildman–Crippen MR) is 99.5 cm³/mol. The molecule has 0 amide bonds. The maximum atomic E-state index is 11.5. The highest BCUT2D eigenvalue weighted by atomic mass is 16.5. The summed E-state index contributed by atoms with van der Waals surface area (Å²) < 4.78 is 6.62. The van der Waals surface area contributed by atoms with E-state index in [9.17, 15) is 4.79 Å². The maximum absolute atomic E-state index is 11.5. The minimum Gasteiger partial charge on any atom is -0.465 e. The third kappa shape index (κ3) is 3.21. The van der Waals surface area contributed by atoms with Gasteiger partial charge in [-0.05, 0) is 35.4 Å². The highest BCUT2D eigenvalue weighted by Crippen LogP contribution is 2.22. The van der Waals surface area contributed by atoms with Gasteiger partial charge in [-0.3, -0.25) is 9.38 Å². The maximum Gasteiger partial charge on any atom is 0.339 e. The van der Waals surface area contributed by atoms with Crippen molar-refractivity contribution in [1.82, 2.24) is 14.4 Å². The largest absolute Gasteiger partial charge is 0.465 e. The second-order valence-electron chi connectivity index (χ2n) is 5.43. The number of carbonyl (C=O) groups is 1. The fourth-order valence-electron chi connectivity index (χ4n) is 2.60. The summed E-state index contributed by atoms with van der Waals surface area (Å²) in [7, 11) is 2.20. The molecule has 3 aromatic heterocycles. The molecule has 0 fully saturated rings. The van der Waals surface area contributed by atoms with Crippen molar-refractivity contribution in [3.8, 4) is 11.4 Å². The van der Waals surface area contributed by atoms with Crippen LogP contribution in [0.5, 0.6) is 0 Å². The van der Waals surface area contributed by atoms with E-state index in [4.69, 9.17) is 10.1 Å². The molecule has 3 rings (SSSR count). The number of hydrogen-bond acceptors (Lipinski definition) is 5. The number of carbonyl (C=O) groups excluding carboxylic acids is 1. The first-order valence-corrected chi connectivity index (χ1v) is 7.90. The fourth-order valence-corrected chi connectivity index (χ4v) is 2.60. The number of methoxy groups -OCH3 is 1. The Kier molecular flexibility index (Phi) is 4.74. The molecule has 0 aliphatic heterocycles. The Labute approximate surface area is 145 Å². The number of ether oxygens (including phenoxy) is 1. The van der Waals surface area contributed by atoms with Gasteiger partial charge in [-0.1, -0.05) is 6.82 Å². The van der Waals surface area contributed by atoms with Gasteiger partial charge in [-0.15, -0.1) is 5.98 Å². The number of imidazole rings is 1. The van der Waals surface area contributed by atoms with E-state index in [0.717, 1.165) is 29.8 Å². The lowest BCUT2D eigenvalue weighted by Gasteiger charge is -2.06. The van der Waals surface area contributed by atoms with Gasteiger partial charge in [-0.25, -0.2) is 9.78 Å². The average Bonchev–Trinajstić information content (AvgIpc) is 3.08. The lowest BCUT2D eigenvalue weighted by Crippen LogP contribution is -2.02. The molecule has 0 unspecified atom stereocenters. The van der Waals surface area contributed by atoms with Crippen LogP contribution >= 0.6 is 0 Å². The molecule has 0 aliphatic carbocycles. The van der Waals surface area contributed by atoms with Crippen LogP contribution in [-0.4, -0.2) is 40.9 Å². The molecule has 0 radical (unpaired) electrons. The molecule has 25 heavy (non-hydrogen) atoms. The van der Waals surface area contributed by atoms with Crippen LogP contribution in [0.2, 0.25) is 6.82 Å². The van der Waals surface area contributed by atoms with Gasteiger partial charge >= 0.3 is 5.97 Å². The standard InChI is InChI=1S/C18H17BN4O2/c1-19-7-14(8-20)13-4-6-17-22-10-16(23(17)11-13)15-5-3-12(9-21-15)18(24)25-2/h3-11,19-20H,1-2H3/b14-7+,20-8?. The Balaban J connectivity index is 2.06. The zero-order chi connectivity index (χ0) is 17.8. The van der Waals surface area contributed by atoms with Gasteiger partial charge < -0.3 is 10.1 Å². The number of esters is 1. The van der Waals surface area contributed by atoms with Gasteiger partial charge in [0.2, 0.25) is 0 Å². The van der Waals surface area contributed by atoms with Crippen LogP contribution in [0.4, 0.5) is 0 Å². The quantitative estimate of drug-likeness (QED) is 0.442.